The van der Waals surface area contributed by atoms with E-state index in [2.05, 4.69) is 15.4 Å². The Labute approximate surface area is 204 Å². The number of ether oxygens (including phenoxy) is 1. The molecule has 0 aliphatic heterocycles. The number of alkyl halides is 6. The number of hydrogen-bond acceptors (Lipinski definition) is 5. The molecule has 2 N–H and O–H groups in total. The van der Waals surface area contributed by atoms with Gasteiger partial charge in [-0.25, -0.2) is 9.59 Å². The van der Waals surface area contributed by atoms with E-state index >= 15 is 0 Å². The molecule has 2 aliphatic carbocycles. The van der Waals surface area contributed by atoms with Crippen LogP contribution in [-0.4, -0.2) is 24.8 Å². The van der Waals surface area contributed by atoms with Gasteiger partial charge in [-0.15, -0.1) is 22.7 Å². The summed E-state index contributed by atoms with van der Waals surface area (Å²) in [5.74, 6) is -1.19. The Balaban J connectivity index is 1.52. The number of aryl methyl sites for hydroxylation is 2. The molecule has 0 atom stereocenters. The standard InChI is InChI=1S/C22H22F6N2O3S2/c23-21(24,25)10-33-19(31)16-12-6-2-4-8-15(12)35-18(16)30-20(32)29-9-13-11-5-1-3-7-14(11)34-17(13)22(26,27)28/h1-10H2,(H2,29,30,32). The Bertz CT molecular complexity index is 1120. The number of rotatable bonds is 5. The van der Waals surface area contributed by atoms with Crippen LogP contribution in [0.1, 0.15) is 67.4 Å². The fourth-order valence-corrected chi connectivity index (χ4v) is 7.00. The number of carbonyl (C=O) groups excluding carboxylic acids is 2. The third-order valence-corrected chi connectivity index (χ3v) is 8.52. The highest BCUT2D eigenvalue weighted by Crippen LogP contribution is 2.43. The minimum absolute atomic E-state index is 0.0324. The van der Waals surface area contributed by atoms with Gasteiger partial charge in [0.25, 0.3) is 0 Å². The summed E-state index contributed by atoms with van der Waals surface area (Å²) in [7, 11) is 0. The maximum absolute atomic E-state index is 13.6. The van der Waals surface area contributed by atoms with E-state index in [9.17, 15) is 35.9 Å². The highest BCUT2D eigenvalue weighted by Gasteiger charge is 2.38. The van der Waals surface area contributed by atoms with E-state index in [1.807, 2.05) is 0 Å². The predicted octanol–water partition coefficient (Wildman–Crippen LogP) is 6.63. The van der Waals surface area contributed by atoms with Crippen LogP contribution in [0.5, 0.6) is 0 Å². The van der Waals surface area contributed by atoms with E-state index in [4.69, 9.17) is 0 Å². The van der Waals surface area contributed by atoms with Gasteiger partial charge < -0.3 is 10.1 Å². The summed E-state index contributed by atoms with van der Waals surface area (Å²) in [6.45, 7) is -2.11. The van der Waals surface area contributed by atoms with Crippen LogP contribution in [0.3, 0.4) is 0 Å². The largest absolute Gasteiger partial charge is 0.452 e. The van der Waals surface area contributed by atoms with Crippen molar-refractivity contribution < 1.29 is 40.7 Å². The predicted molar refractivity (Wildman–Crippen MR) is 119 cm³/mol. The first kappa shape index (κ1) is 25.8. The van der Waals surface area contributed by atoms with Crippen LogP contribution in [0.15, 0.2) is 0 Å². The molecule has 0 radical (unpaired) electrons. The van der Waals surface area contributed by atoms with Crippen LogP contribution >= 0.6 is 22.7 Å². The van der Waals surface area contributed by atoms with Gasteiger partial charge in [0.2, 0.25) is 0 Å². The molecule has 192 valence electrons. The van der Waals surface area contributed by atoms with Crippen molar-refractivity contribution in [3.63, 3.8) is 0 Å². The average Bonchev–Trinajstić information content (AvgIpc) is 3.33. The Morgan fingerprint density at radius 1 is 0.857 bits per heavy atom. The molecule has 4 rings (SSSR count). The van der Waals surface area contributed by atoms with E-state index < -0.39 is 35.8 Å². The fourth-order valence-electron chi connectivity index (χ4n) is 4.45. The maximum atomic E-state index is 13.6. The van der Waals surface area contributed by atoms with Crippen molar-refractivity contribution in [2.75, 3.05) is 11.9 Å². The first-order valence-electron chi connectivity index (χ1n) is 11.1. The van der Waals surface area contributed by atoms with E-state index in [1.54, 1.807) is 0 Å². The highest BCUT2D eigenvalue weighted by atomic mass is 32.1. The van der Waals surface area contributed by atoms with Crippen molar-refractivity contribution >= 4 is 39.7 Å². The molecule has 35 heavy (non-hydrogen) atoms. The zero-order valence-electron chi connectivity index (χ0n) is 18.4. The molecule has 0 fully saturated rings. The SMILES string of the molecule is O=C(NCc1c(C(F)(F)F)sc2c1CCCC2)Nc1sc2c(c1C(=O)OCC(F)(F)F)CCCC2. The van der Waals surface area contributed by atoms with E-state index in [0.717, 1.165) is 41.9 Å². The van der Waals surface area contributed by atoms with Crippen molar-refractivity contribution in [3.05, 3.63) is 36.9 Å². The summed E-state index contributed by atoms with van der Waals surface area (Å²) in [5, 5.41) is 4.92. The van der Waals surface area contributed by atoms with Gasteiger partial charge in [-0.05, 0) is 68.1 Å². The summed E-state index contributed by atoms with van der Waals surface area (Å²) in [5.41, 5.74) is 1.10. The molecule has 5 nitrogen and oxygen atoms in total. The Hall–Kier alpha value is -2.28. The van der Waals surface area contributed by atoms with Crippen LogP contribution in [-0.2, 0) is 43.1 Å². The van der Waals surface area contributed by atoms with Gasteiger partial charge in [0.1, 0.15) is 9.88 Å². The number of thiophene rings is 2. The van der Waals surface area contributed by atoms with Crippen LogP contribution in [0.2, 0.25) is 0 Å². The number of nitrogens with one attached hydrogen (secondary N) is 2. The Morgan fingerprint density at radius 2 is 1.46 bits per heavy atom. The van der Waals surface area contributed by atoms with Gasteiger partial charge in [0, 0.05) is 16.3 Å². The number of anilines is 1. The molecule has 0 bridgehead atoms. The lowest BCUT2D eigenvalue weighted by Crippen LogP contribution is -2.30. The second-order valence-corrected chi connectivity index (χ2v) is 10.6. The number of fused-ring (bicyclic) bond motifs is 2. The van der Waals surface area contributed by atoms with Crippen molar-refractivity contribution in [1.82, 2.24) is 5.32 Å². The summed E-state index contributed by atoms with van der Waals surface area (Å²) < 4.78 is 82.8. The normalized spacial score (nSPS) is 15.8. The van der Waals surface area contributed by atoms with Crippen molar-refractivity contribution in [2.45, 2.75) is 70.3 Å². The second-order valence-electron chi connectivity index (χ2n) is 8.43. The van der Waals surface area contributed by atoms with Crippen molar-refractivity contribution in [3.8, 4) is 0 Å². The lowest BCUT2D eigenvalue weighted by atomic mass is 9.94. The molecule has 0 saturated carbocycles. The summed E-state index contributed by atoms with van der Waals surface area (Å²) in [6.07, 6.45) is -3.95. The minimum Gasteiger partial charge on any atom is -0.452 e. The van der Waals surface area contributed by atoms with E-state index in [-0.39, 0.29) is 22.7 Å². The Morgan fingerprint density at radius 3 is 2.09 bits per heavy atom. The molecule has 2 aromatic heterocycles. The topological polar surface area (TPSA) is 67.4 Å². The monoisotopic (exact) mass is 540 g/mol. The van der Waals surface area contributed by atoms with Crippen LogP contribution < -0.4 is 10.6 Å². The molecular formula is C22H22F6N2O3S2. The molecule has 13 heteroatoms. The van der Waals surface area contributed by atoms with E-state index in [1.165, 1.54) is 0 Å². The molecule has 0 spiro atoms. The molecule has 2 aliphatic rings. The molecule has 2 aromatic rings. The summed E-state index contributed by atoms with van der Waals surface area (Å²) >= 11 is 1.78. The maximum Gasteiger partial charge on any atom is 0.425 e. The third-order valence-electron chi connectivity index (χ3n) is 5.93. The first-order valence-corrected chi connectivity index (χ1v) is 12.7. The van der Waals surface area contributed by atoms with Crippen molar-refractivity contribution in [2.24, 2.45) is 0 Å². The Kier molecular flexibility index (Phi) is 7.37. The van der Waals surface area contributed by atoms with Crippen LogP contribution in [0.4, 0.5) is 36.1 Å². The van der Waals surface area contributed by atoms with Gasteiger partial charge in [0.05, 0.1) is 5.56 Å². The van der Waals surface area contributed by atoms with Crippen LogP contribution in [0.25, 0.3) is 0 Å². The molecule has 0 aromatic carbocycles. The minimum atomic E-state index is -4.70. The second kappa shape index (κ2) is 10.00. The summed E-state index contributed by atoms with van der Waals surface area (Å²) in [4.78, 5) is 25.8. The van der Waals surface area contributed by atoms with Gasteiger partial charge in [-0.3, -0.25) is 5.32 Å². The van der Waals surface area contributed by atoms with Crippen molar-refractivity contribution in [1.29, 1.82) is 0 Å². The van der Waals surface area contributed by atoms with Gasteiger partial charge >= 0.3 is 24.4 Å². The molecular weight excluding hydrogens is 518 g/mol. The molecule has 0 unspecified atom stereocenters. The number of halogens is 6. The zero-order chi connectivity index (χ0) is 25.4. The van der Waals surface area contributed by atoms with Crippen LogP contribution in [0, 0.1) is 0 Å². The lowest BCUT2D eigenvalue weighted by molar-refractivity contribution is -0.161. The number of carbonyl (C=O) groups is 2. The van der Waals surface area contributed by atoms with E-state index in [0.29, 0.717) is 53.0 Å². The molecule has 2 heterocycles. The molecule has 2 amide bonds. The van der Waals surface area contributed by atoms with Gasteiger partial charge in [-0.2, -0.15) is 26.3 Å². The first-order chi connectivity index (χ1) is 16.4. The molecule has 0 saturated heterocycles. The van der Waals surface area contributed by atoms with Gasteiger partial charge in [0.15, 0.2) is 6.61 Å². The smallest absolute Gasteiger partial charge is 0.425 e. The van der Waals surface area contributed by atoms with Gasteiger partial charge in [-0.1, -0.05) is 0 Å². The number of esters is 1. The highest BCUT2D eigenvalue weighted by molar-refractivity contribution is 7.17. The zero-order valence-corrected chi connectivity index (χ0v) is 20.0. The lowest BCUT2D eigenvalue weighted by Gasteiger charge is -2.15. The number of urea groups is 1. The average molecular weight is 541 g/mol. The fraction of sp³-hybridized carbons (Fsp3) is 0.545. The number of amides is 2. The number of hydrogen-bond donors (Lipinski definition) is 2. The quantitative estimate of drug-likeness (QED) is 0.331. The summed E-state index contributed by atoms with van der Waals surface area (Å²) in [6, 6.07) is -0.850. The third kappa shape index (κ3) is 5.93.